The van der Waals surface area contributed by atoms with E-state index >= 15 is 0 Å². The predicted molar refractivity (Wildman–Crippen MR) is 86.2 cm³/mol. The highest BCUT2D eigenvalue weighted by molar-refractivity contribution is 9.10. The third kappa shape index (κ3) is 2.72. The standard InChI is InChI=1S/C17H15BrFNO3/c1-8-14(17(22)23)15(9-5-6-11(19)10(18)7-9)16-12(20-8)3-2-4-13(16)21/h5-7,15,20H,2-4H2,1H3,(H,22,23)/t15-/m0/s1. The summed E-state index contributed by atoms with van der Waals surface area (Å²) in [6.07, 6.45) is 1.87. The number of aliphatic carboxylic acids is 1. The molecule has 1 heterocycles. The third-order valence-electron chi connectivity index (χ3n) is 4.28. The van der Waals surface area contributed by atoms with E-state index in [1.165, 1.54) is 6.07 Å². The number of hydrogen-bond donors (Lipinski definition) is 2. The number of carboxylic acid groups (broad SMARTS) is 1. The van der Waals surface area contributed by atoms with Crippen LogP contribution in [0.3, 0.4) is 0 Å². The smallest absolute Gasteiger partial charge is 0.334 e. The van der Waals surface area contributed by atoms with Gasteiger partial charge in [0.15, 0.2) is 5.78 Å². The first-order valence-corrected chi connectivity index (χ1v) is 8.11. The second-order valence-electron chi connectivity index (χ2n) is 5.74. The Kier molecular flexibility index (Phi) is 4.10. The molecule has 1 aliphatic heterocycles. The SMILES string of the molecule is CC1=C(C(=O)O)[C@H](c2ccc(F)c(Br)c2)C2=C(CCCC2=O)N1. The highest BCUT2D eigenvalue weighted by Gasteiger charge is 2.38. The van der Waals surface area contributed by atoms with Crippen LogP contribution in [0.15, 0.2) is 45.2 Å². The number of carboxylic acids is 1. The van der Waals surface area contributed by atoms with Crippen LogP contribution in [0.4, 0.5) is 4.39 Å². The van der Waals surface area contributed by atoms with Crippen LogP contribution in [0.25, 0.3) is 0 Å². The number of carbonyl (C=O) groups is 2. The van der Waals surface area contributed by atoms with Gasteiger partial charge in [-0.25, -0.2) is 9.18 Å². The molecule has 1 aromatic carbocycles. The van der Waals surface area contributed by atoms with Gasteiger partial charge < -0.3 is 10.4 Å². The van der Waals surface area contributed by atoms with Gasteiger partial charge in [-0.2, -0.15) is 0 Å². The molecule has 3 rings (SSSR count). The maximum absolute atomic E-state index is 13.5. The summed E-state index contributed by atoms with van der Waals surface area (Å²) in [6, 6.07) is 4.37. The molecule has 1 atom stereocenters. The first kappa shape index (κ1) is 15.9. The van der Waals surface area contributed by atoms with Crippen LogP contribution in [0.1, 0.15) is 37.7 Å². The van der Waals surface area contributed by atoms with Crippen LogP contribution < -0.4 is 5.32 Å². The quantitative estimate of drug-likeness (QED) is 0.822. The summed E-state index contributed by atoms with van der Waals surface area (Å²) in [5, 5.41) is 12.7. The van der Waals surface area contributed by atoms with E-state index in [0.717, 1.165) is 12.1 Å². The summed E-state index contributed by atoms with van der Waals surface area (Å²) in [6.45, 7) is 1.69. The van der Waals surface area contributed by atoms with Crippen LogP contribution in [-0.2, 0) is 9.59 Å². The number of hydrogen-bond acceptors (Lipinski definition) is 3. The second kappa shape index (κ2) is 5.92. The monoisotopic (exact) mass is 379 g/mol. The van der Waals surface area contributed by atoms with Crippen molar-refractivity contribution in [2.75, 3.05) is 0 Å². The summed E-state index contributed by atoms with van der Waals surface area (Å²) < 4.78 is 13.8. The Balaban J connectivity index is 2.22. The first-order valence-electron chi connectivity index (χ1n) is 7.32. The largest absolute Gasteiger partial charge is 0.478 e. The van der Waals surface area contributed by atoms with Gasteiger partial charge in [0.05, 0.1) is 10.0 Å². The van der Waals surface area contributed by atoms with Gasteiger partial charge in [-0.3, -0.25) is 4.79 Å². The van der Waals surface area contributed by atoms with Gasteiger partial charge >= 0.3 is 5.97 Å². The van der Waals surface area contributed by atoms with E-state index in [1.54, 1.807) is 19.1 Å². The Labute approximate surface area is 141 Å². The van der Waals surface area contributed by atoms with Gasteiger partial charge in [-0.05, 0) is 53.4 Å². The fourth-order valence-electron chi connectivity index (χ4n) is 3.29. The number of benzene rings is 1. The summed E-state index contributed by atoms with van der Waals surface area (Å²) in [5.74, 6) is -2.22. The fraction of sp³-hybridized carbons (Fsp3) is 0.294. The number of carbonyl (C=O) groups excluding carboxylic acids is 1. The van der Waals surface area contributed by atoms with Gasteiger partial charge in [0, 0.05) is 29.3 Å². The molecule has 1 aliphatic carbocycles. The molecule has 0 spiro atoms. The minimum atomic E-state index is -1.08. The van der Waals surface area contributed by atoms with Gasteiger partial charge in [0.25, 0.3) is 0 Å². The Hall–Kier alpha value is -1.95. The minimum absolute atomic E-state index is 0.0459. The van der Waals surface area contributed by atoms with Crippen molar-refractivity contribution in [2.45, 2.75) is 32.1 Å². The van der Waals surface area contributed by atoms with Crippen molar-refractivity contribution in [1.82, 2.24) is 5.32 Å². The van der Waals surface area contributed by atoms with E-state index in [1.807, 2.05) is 0 Å². The molecule has 1 aromatic rings. The number of allylic oxidation sites excluding steroid dienone is 3. The topological polar surface area (TPSA) is 66.4 Å². The second-order valence-corrected chi connectivity index (χ2v) is 6.60. The first-order chi connectivity index (χ1) is 10.9. The molecular weight excluding hydrogens is 365 g/mol. The van der Waals surface area contributed by atoms with Crippen LogP contribution in [0.2, 0.25) is 0 Å². The number of Topliss-reactive ketones (excluding diaryl/α,β-unsaturated/α-hetero) is 1. The lowest BCUT2D eigenvalue weighted by molar-refractivity contribution is -0.133. The molecule has 0 radical (unpaired) electrons. The van der Waals surface area contributed by atoms with E-state index < -0.39 is 17.7 Å². The van der Waals surface area contributed by atoms with Crippen LogP contribution in [0, 0.1) is 5.82 Å². The molecule has 0 saturated heterocycles. The lowest BCUT2D eigenvalue weighted by Crippen LogP contribution is -2.33. The molecule has 0 aromatic heterocycles. The van der Waals surface area contributed by atoms with Crippen LogP contribution in [-0.4, -0.2) is 16.9 Å². The molecule has 0 unspecified atom stereocenters. The summed E-state index contributed by atoms with van der Waals surface area (Å²) >= 11 is 3.13. The molecule has 120 valence electrons. The Morgan fingerprint density at radius 1 is 1.39 bits per heavy atom. The highest BCUT2D eigenvalue weighted by Crippen LogP contribution is 2.42. The lowest BCUT2D eigenvalue weighted by Gasteiger charge is -2.33. The lowest BCUT2D eigenvalue weighted by atomic mass is 9.75. The number of dihydropyridines is 1. The normalized spacial score (nSPS) is 21.2. The maximum Gasteiger partial charge on any atom is 0.334 e. The predicted octanol–water partition coefficient (Wildman–Crippen LogP) is 3.64. The van der Waals surface area contributed by atoms with E-state index in [2.05, 4.69) is 21.2 Å². The van der Waals surface area contributed by atoms with Crippen molar-refractivity contribution in [3.63, 3.8) is 0 Å². The van der Waals surface area contributed by atoms with E-state index in [9.17, 15) is 19.1 Å². The van der Waals surface area contributed by atoms with Gasteiger partial charge in [0.2, 0.25) is 0 Å². The van der Waals surface area contributed by atoms with Crippen molar-refractivity contribution in [3.8, 4) is 0 Å². The molecule has 4 nitrogen and oxygen atoms in total. The van der Waals surface area contributed by atoms with Gasteiger partial charge in [-0.15, -0.1) is 0 Å². The van der Waals surface area contributed by atoms with E-state index in [0.29, 0.717) is 29.7 Å². The summed E-state index contributed by atoms with van der Waals surface area (Å²) in [5.41, 5.74) is 2.54. The van der Waals surface area contributed by atoms with E-state index in [4.69, 9.17) is 0 Å². The fourth-order valence-corrected chi connectivity index (χ4v) is 3.69. The highest BCUT2D eigenvalue weighted by atomic mass is 79.9. The zero-order valence-corrected chi connectivity index (χ0v) is 14.0. The van der Waals surface area contributed by atoms with E-state index in [-0.39, 0.29) is 15.8 Å². The minimum Gasteiger partial charge on any atom is -0.478 e. The van der Waals surface area contributed by atoms with Crippen molar-refractivity contribution >= 4 is 27.7 Å². The molecule has 0 amide bonds. The average Bonchev–Trinajstić information content (AvgIpc) is 2.48. The number of ketones is 1. The summed E-state index contributed by atoms with van der Waals surface area (Å²) in [7, 11) is 0. The van der Waals surface area contributed by atoms with Crippen LogP contribution >= 0.6 is 15.9 Å². The van der Waals surface area contributed by atoms with Crippen molar-refractivity contribution < 1.29 is 19.1 Å². The van der Waals surface area contributed by atoms with Crippen molar-refractivity contribution in [2.24, 2.45) is 0 Å². The Bertz CT molecular complexity index is 782. The Morgan fingerprint density at radius 3 is 2.78 bits per heavy atom. The Morgan fingerprint density at radius 2 is 2.13 bits per heavy atom. The molecule has 2 aliphatic rings. The zero-order valence-electron chi connectivity index (χ0n) is 12.5. The van der Waals surface area contributed by atoms with Crippen molar-refractivity contribution in [1.29, 1.82) is 0 Å². The number of nitrogens with one attached hydrogen (secondary N) is 1. The molecular formula is C17H15BrFNO3. The number of rotatable bonds is 2. The molecule has 0 fully saturated rings. The molecule has 6 heteroatoms. The van der Waals surface area contributed by atoms with Crippen molar-refractivity contribution in [3.05, 3.63) is 56.6 Å². The molecule has 0 bridgehead atoms. The zero-order chi connectivity index (χ0) is 16.7. The molecule has 23 heavy (non-hydrogen) atoms. The average molecular weight is 380 g/mol. The third-order valence-corrected chi connectivity index (χ3v) is 4.89. The molecule has 0 saturated carbocycles. The summed E-state index contributed by atoms with van der Waals surface area (Å²) in [4.78, 5) is 24.2. The van der Waals surface area contributed by atoms with Crippen LogP contribution in [0.5, 0.6) is 0 Å². The maximum atomic E-state index is 13.5. The van der Waals surface area contributed by atoms with Gasteiger partial charge in [0.1, 0.15) is 5.82 Å². The van der Waals surface area contributed by atoms with Gasteiger partial charge in [-0.1, -0.05) is 6.07 Å². The molecule has 2 N–H and O–H groups in total. The number of halogens is 2.